The Morgan fingerprint density at radius 1 is 1.33 bits per heavy atom. The number of hydrogen-bond donors (Lipinski definition) is 1. The highest BCUT2D eigenvalue weighted by Crippen LogP contribution is 2.32. The molecule has 0 saturated carbocycles. The van der Waals surface area contributed by atoms with Crippen LogP contribution in [0, 0.1) is 0 Å². The first-order chi connectivity index (χ1) is 8.29. The molecule has 1 atom stereocenters. The van der Waals surface area contributed by atoms with Crippen molar-refractivity contribution in [1.29, 1.82) is 0 Å². The van der Waals surface area contributed by atoms with Gasteiger partial charge in [0.05, 0.1) is 6.61 Å². The van der Waals surface area contributed by atoms with Crippen LogP contribution in [0.5, 0.6) is 11.5 Å². The maximum absolute atomic E-state index is 5.36. The number of rotatable bonds is 6. The molecule has 1 aromatic carbocycles. The number of hydrogen-bond acceptors (Lipinski definition) is 4. The van der Waals surface area contributed by atoms with Crippen molar-refractivity contribution < 1.29 is 14.2 Å². The summed E-state index contributed by atoms with van der Waals surface area (Å²) >= 11 is 0. The normalized spacial score (nSPS) is 14.1. The van der Waals surface area contributed by atoms with Gasteiger partial charge < -0.3 is 19.5 Å². The van der Waals surface area contributed by atoms with Crippen LogP contribution in [0.25, 0.3) is 0 Å². The Balaban J connectivity index is 0.00000162. The molecular weight excluding hydrogens is 254 g/mol. The number of methoxy groups -OCH3 is 1. The van der Waals surface area contributed by atoms with Crippen LogP contribution in [0.2, 0.25) is 0 Å². The number of benzene rings is 1. The second kappa shape index (κ2) is 7.46. The first-order valence-corrected chi connectivity index (χ1v) is 5.90. The minimum atomic E-state index is 0. The largest absolute Gasteiger partial charge is 0.454 e. The van der Waals surface area contributed by atoms with Crippen molar-refractivity contribution in [2.45, 2.75) is 19.4 Å². The molecule has 1 aliphatic rings. The molecule has 1 unspecified atom stereocenters. The second-order valence-corrected chi connectivity index (χ2v) is 4.24. The molecule has 4 nitrogen and oxygen atoms in total. The third-order valence-corrected chi connectivity index (χ3v) is 2.78. The van der Waals surface area contributed by atoms with Crippen LogP contribution < -0.4 is 14.8 Å². The van der Waals surface area contributed by atoms with Gasteiger partial charge in [-0.05, 0) is 31.0 Å². The van der Waals surface area contributed by atoms with E-state index in [2.05, 4.69) is 24.4 Å². The number of ether oxygens (including phenoxy) is 3. The predicted octanol–water partition coefficient (Wildman–Crippen LogP) is 2.00. The fourth-order valence-corrected chi connectivity index (χ4v) is 1.90. The Bertz CT molecular complexity index is 373. The van der Waals surface area contributed by atoms with Crippen molar-refractivity contribution in [3.05, 3.63) is 23.8 Å². The van der Waals surface area contributed by atoms with E-state index in [0.29, 0.717) is 12.8 Å². The van der Waals surface area contributed by atoms with E-state index < -0.39 is 0 Å². The van der Waals surface area contributed by atoms with Gasteiger partial charge in [-0.25, -0.2) is 0 Å². The van der Waals surface area contributed by atoms with Gasteiger partial charge in [-0.3, -0.25) is 0 Å². The van der Waals surface area contributed by atoms with Crippen LogP contribution in [-0.2, 0) is 11.2 Å². The number of nitrogens with one attached hydrogen (secondary N) is 1. The summed E-state index contributed by atoms with van der Waals surface area (Å²) in [5, 5.41) is 3.40. The van der Waals surface area contributed by atoms with E-state index in [1.54, 1.807) is 7.11 Å². The van der Waals surface area contributed by atoms with E-state index in [4.69, 9.17) is 14.2 Å². The van der Waals surface area contributed by atoms with E-state index in [1.807, 2.05) is 6.07 Å². The summed E-state index contributed by atoms with van der Waals surface area (Å²) in [7, 11) is 1.71. The van der Waals surface area contributed by atoms with E-state index in [1.165, 1.54) is 5.56 Å². The molecule has 0 spiro atoms. The van der Waals surface area contributed by atoms with Gasteiger partial charge in [0, 0.05) is 19.7 Å². The van der Waals surface area contributed by atoms with Crippen LogP contribution in [0.15, 0.2) is 18.2 Å². The average Bonchev–Trinajstić information content (AvgIpc) is 2.76. The zero-order valence-corrected chi connectivity index (χ0v) is 11.6. The van der Waals surface area contributed by atoms with Gasteiger partial charge in [-0.1, -0.05) is 6.07 Å². The fraction of sp³-hybridized carbons (Fsp3) is 0.538. The molecule has 0 bridgehead atoms. The third kappa shape index (κ3) is 4.05. The smallest absolute Gasteiger partial charge is 0.231 e. The molecule has 0 fully saturated rings. The summed E-state index contributed by atoms with van der Waals surface area (Å²) in [5.41, 5.74) is 1.26. The Morgan fingerprint density at radius 3 is 2.89 bits per heavy atom. The molecule has 18 heavy (non-hydrogen) atoms. The van der Waals surface area contributed by atoms with Gasteiger partial charge in [-0.2, -0.15) is 0 Å². The predicted molar refractivity (Wildman–Crippen MR) is 72.9 cm³/mol. The van der Waals surface area contributed by atoms with Gasteiger partial charge >= 0.3 is 0 Å². The van der Waals surface area contributed by atoms with Crippen molar-refractivity contribution in [2.75, 3.05) is 27.1 Å². The molecule has 0 radical (unpaired) electrons. The van der Waals surface area contributed by atoms with E-state index in [-0.39, 0.29) is 12.4 Å². The second-order valence-electron chi connectivity index (χ2n) is 4.24. The maximum atomic E-state index is 5.36. The molecule has 1 N–H and O–H groups in total. The molecule has 5 heteroatoms. The summed E-state index contributed by atoms with van der Waals surface area (Å²) < 4.78 is 15.6. The quantitative estimate of drug-likeness (QED) is 0.805. The van der Waals surface area contributed by atoms with Crippen LogP contribution in [0.4, 0.5) is 0 Å². The highest BCUT2D eigenvalue weighted by Gasteiger charge is 2.13. The van der Waals surface area contributed by atoms with E-state index in [0.717, 1.165) is 31.1 Å². The highest BCUT2D eigenvalue weighted by atomic mass is 35.5. The average molecular weight is 274 g/mol. The lowest BCUT2D eigenvalue weighted by molar-refractivity contribution is 0.174. The lowest BCUT2D eigenvalue weighted by Crippen LogP contribution is -2.30. The van der Waals surface area contributed by atoms with Crippen LogP contribution in [0.3, 0.4) is 0 Å². The number of fused-ring (bicyclic) bond motifs is 1. The molecule has 2 rings (SSSR count). The fourth-order valence-electron chi connectivity index (χ4n) is 1.90. The molecule has 0 saturated heterocycles. The highest BCUT2D eigenvalue weighted by molar-refractivity contribution is 5.85. The Kier molecular flexibility index (Phi) is 6.25. The maximum Gasteiger partial charge on any atom is 0.231 e. The molecule has 102 valence electrons. The standard InChI is InChI=1S/C13H19NO3.ClH/c1-10(14-5-6-15-2)7-11-3-4-12-13(8-11)17-9-16-12;/h3-4,8,10,14H,5-7,9H2,1-2H3;1H. The summed E-state index contributed by atoms with van der Waals surface area (Å²) in [5.74, 6) is 1.69. The van der Waals surface area contributed by atoms with Crippen molar-refractivity contribution in [2.24, 2.45) is 0 Å². The molecule has 1 aliphatic heterocycles. The Morgan fingerprint density at radius 2 is 2.11 bits per heavy atom. The number of halogens is 1. The van der Waals surface area contributed by atoms with Gasteiger partial charge in [0.15, 0.2) is 11.5 Å². The minimum Gasteiger partial charge on any atom is -0.454 e. The van der Waals surface area contributed by atoms with Crippen LogP contribution in [-0.4, -0.2) is 33.1 Å². The zero-order valence-electron chi connectivity index (χ0n) is 10.8. The van der Waals surface area contributed by atoms with E-state index >= 15 is 0 Å². The Hall–Kier alpha value is -0.970. The SMILES string of the molecule is COCCNC(C)Cc1ccc2c(c1)OCO2.Cl. The summed E-state index contributed by atoms with van der Waals surface area (Å²) in [6.07, 6.45) is 0.973. The van der Waals surface area contributed by atoms with Crippen molar-refractivity contribution in [3.8, 4) is 11.5 Å². The third-order valence-electron chi connectivity index (χ3n) is 2.78. The summed E-state index contributed by atoms with van der Waals surface area (Å²) in [6.45, 7) is 4.12. The first kappa shape index (κ1) is 15.1. The van der Waals surface area contributed by atoms with Crippen molar-refractivity contribution >= 4 is 12.4 Å². The Labute approximate surface area is 114 Å². The molecule has 1 aromatic rings. The monoisotopic (exact) mass is 273 g/mol. The first-order valence-electron chi connectivity index (χ1n) is 5.90. The molecule has 0 aromatic heterocycles. The lowest BCUT2D eigenvalue weighted by Gasteiger charge is -2.13. The molecule has 0 aliphatic carbocycles. The molecule has 0 amide bonds. The summed E-state index contributed by atoms with van der Waals surface area (Å²) in [6, 6.07) is 6.53. The molecular formula is C13H20ClNO3. The zero-order chi connectivity index (χ0) is 12.1. The van der Waals surface area contributed by atoms with Crippen molar-refractivity contribution in [3.63, 3.8) is 0 Å². The van der Waals surface area contributed by atoms with Gasteiger partial charge in [0.2, 0.25) is 6.79 Å². The summed E-state index contributed by atoms with van der Waals surface area (Å²) in [4.78, 5) is 0. The van der Waals surface area contributed by atoms with Gasteiger partial charge in [-0.15, -0.1) is 12.4 Å². The van der Waals surface area contributed by atoms with Gasteiger partial charge in [0.1, 0.15) is 0 Å². The van der Waals surface area contributed by atoms with Crippen LogP contribution >= 0.6 is 12.4 Å². The lowest BCUT2D eigenvalue weighted by atomic mass is 10.1. The van der Waals surface area contributed by atoms with Crippen molar-refractivity contribution in [1.82, 2.24) is 5.32 Å². The topological polar surface area (TPSA) is 39.7 Å². The van der Waals surface area contributed by atoms with E-state index in [9.17, 15) is 0 Å². The van der Waals surface area contributed by atoms with Crippen LogP contribution in [0.1, 0.15) is 12.5 Å². The molecule has 1 heterocycles. The van der Waals surface area contributed by atoms with Gasteiger partial charge in [0.25, 0.3) is 0 Å². The minimum absolute atomic E-state index is 0.